The van der Waals surface area contributed by atoms with Gasteiger partial charge in [0.1, 0.15) is 5.66 Å². The SMILES string of the molecule is CC1(C)NC(=O)N(c2ccc(Cl)cc2Cl)N1. The first-order valence-electron chi connectivity index (χ1n) is 4.74. The van der Waals surface area contributed by atoms with Gasteiger partial charge in [-0.05, 0) is 32.0 Å². The second-order valence-electron chi connectivity index (χ2n) is 4.10. The lowest BCUT2D eigenvalue weighted by Crippen LogP contribution is -2.45. The fourth-order valence-electron chi connectivity index (χ4n) is 1.51. The molecular weight excluding hydrogens is 249 g/mol. The molecule has 1 fully saturated rings. The van der Waals surface area contributed by atoms with Crippen molar-refractivity contribution >= 4 is 34.9 Å². The Kier molecular flexibility index (Phi) is 2.74. The molecule has 2 N–H and O–H groups in total. The van der Waals surface area contributed by atoms with E-state index in [0.29, 0.717) is 15.7 Å². The summed E-state index contributed by atoms with van der Waals surface area (Å²) in [6.07, 6.45) is 0. The van der Waals surface area contributed by atoms with E-state index in [-0.39, 0.29) is 6.03 Å². The maximum absolute atomic E-state index is 11.7. The summed E-state index contributed by atoms with van der Waals surface area (Å²) in [6, 6.07) is 4.73. The van der Waals surface area contributed by atoms with Crippen molar-refractivity contribution in [1.29, 1.82) is 0 Å². The van der Waals surface area contributed by atoms with Crippen LogP contribution in [0.25, 0.3) is 0 Å². The highest BCUT2D eigenvalue weighted by atomic mass is 35.5. The molecule has 0 radical (unpaired) electrons. The average Bonchev–Trinajstić information content (AvgIpc) is 2.39. The van der Waals surface area contributed by atoms with Crippen molar-refractivity contribution in [3.63, 3.8) is 0 Å². The number of anilines is 1. The van der Waals surface area contributed by atoms with Crippen LogP contribution in [0.4, 0.5) is 10.5 Å². The first-order valence-corrected chi connectivity index (χ1v) is 5.50. The molecule has 0 atom stereocenters. The number of carbonyl (C=O) groups is 1. The summed E-state index contributed by atoms with van der Waals surface area (Å²) in [6.45, 7) is 3.71. The standard InChI is InChI=1S/C10H11Cl2N3O/c1-10(2)13-9(16)15(14-10)8-4-3-6(11)5-7(8)12/h3-5,14H,1-2H3,(H,13,16). The van der Waals surface area contributed by atoms with E-state index in [1.165, 1.54) is 5.01 Å². The summed E-state index contributed by atoms with van der Waals surface area (Å²) < 4.78 is 0. The molecule has 16 heavy (non-hydrogen) atoms. The van der Waals surface area contributed by atoms with Gasteiger partial charge in [0.2, 0.25) is 0 Å². The van der Waals surface area contributed by atoms with Gasteiger partial charge in [0.05, 0.1) is 10.7 Å². The fourth-order valence-corrected chi connectivity index (χ4v) is 2.01. The van der Waals surface area contributed by atoms with Crippen LogP contribution in [-0.2, 0) is 0 Å². The van der Waals surface area contributed by atoms with Crippen LogP contribution in [-0.4, -0.2) is 11.7 Å². The summed E-state index contributed by atoms with van der Waals surface area (Å²) in [4.78, 5) is 11.7. The number of halogens is 2. The molecule has 0 unspecified atom stereocenters. The zero-order chi connectivity index (χ0) is 11.9. The minimum absolute atomic E-state index is 0.241. The number of carbonyl (C=O) groups excluding carboxylic acids is 1. The highest BCUT2D eigenvalue weighted by Gasteiger charge is 2.35. The number of hydrogen-bond donors (Lipinski definition) is 2. The number of hydrogen-bond acceptors (Lipinski definition) is 2. The van der Waals surface area contributed by atoms with Gasteiger partial charge < -0.3 is 5.32 Å². The Morgan fingerprint density at radius 2 is 2.00 bits per heavy atom. The first kappa shape index (κ1) is 11.5. The monoisotopic (exact) mass is 259 g/mol. The smallest absolute Gasteiger partial charge is 0.317 e. The van der Waals surface area contributed by atoms with Crippen LogP contribution in [0.1, 0.15) is 13.8 Å². The molecule has 1 heterocycles. The van der Waals surface area contributed by atoms with Crippen LogP contribution in [0.2, 0.25) is 10.0 Å². The lowest BCUT2D eigenvalue weighted by Gasteiger charge is -2.20. The molecule has 1 aromatic rings. The maximum atomic E-state index is 11.7. The number of amides is 2. The molecule has 0 spiro atoms. The molecule has 86 valence electrons. The molecule has 2 rings (SSSR count). The van der Waals surface area contributed by atoms with Crippen LogP contribution in [0.5, 0.6) is 0 Å². The van der Waals surface area contributed by atoms with E-state index in [9.17, 15) is 4.79 Å². The summed E-state index contributed by atoms with van der Waals surface area (Å²) in [5.41, 5.74) is 3.09. The van der Waals surface area contributed by atoms with E-state index in [0.717, 1.165) is 0 Å². The number of nitrogens with one attached hydrogen (secondary N) is 2. The van der Waals surface area contributed by atoms with E-state index in [1.807, 2.05) is 13.8 Å². The third kappa shape index (κ3) is 2.09. The van der Waals surface area contributed by atoms with Crippen LogP contribution in [0.15, 0.2) is 18.2 Å². The van der Waals surface area contributed by atoms with E-state index in [1.54, 1.807) is 18.2 Å². The number of rotatable bonds is 1. The molecule has 0 aromatic heterocycles. The predicted molar refractivity (Wildman–Crippen MR) is 64.7 cm³/mol. The third-order valence-electron chi connectivity index (χ3n) is 2.16. The average molecular weight is 260 g/mol. The Bertz CT molecular complexity index is 448. The number of hydrazine groups is 1. The van der Waals surface area contributed by atoms with Crippen LogP contribution >= 0.6 is 23.2 Å². The van der Waals surface area contributed by atoms with Gasteiger partial charge in [-0.25, -0.2) is 15.2 Å². The van der Waals surface area contributed by atoms with Crippen molar-refractivity contribution in [1.82, 2.24) is 10.7 Å². The van der Waals surface area contributed by atoms with Gasteiger partial charge in [-0.2, -0.15) is 0 Å². The van der Waals surface area contributed by atoms with Crippen molar-refractivity contribution in [2.45, 2.75) is 19.5 Å². The molecule has 4 nitrogen and oxygen atoms in total. The minimum atomic E-state index is -0.486. The number of urea groups is 1. The summed E-state index contributed by atoms with van der Waals surface area (Å²) >= 11 is 11.8. The van der Waals surface area contributed by atoms with Gasteiger partial charge in [-0.15, -0.1) is 0 Å². The van der Waals surface area contributed by atoms with Crippen LogP contribution < -0.4 is 15.8 Å². The molecule has 1 saturated heterocycles. The number of benzene rings is 1. The van der Waals surface area contributed by atoms with E-state index in [4.69, 9.17) is 23.2 Å². The molecule has 1 aliphatic rings. The topological polar surface area (TPSA) is 44.4 Å². The van der Waals surface area contributed by atoms with E-state index in [2.05, 4.69) is 10.7 Å². The maximum Gasteiger partial charge on any atom is 0.338 e. The molecule has 1 aliphatic heterocycles. The summed E-state index contributed by atoms with van der Waals surface area (Å²) in [5.74, 6) is 0. The van der Waals surface area contributed by atoms with E-state index >= 15 is 0 Å². The second kappa shape index (κ2) is 3.80. The van der Waals surface area contributed by atoms with Gasteiger partial charge in [0, 0.05) is 5.02 Å². The van der Waals surface area contributed by atoms with Gasteiger partial charge in [-0.1, -0.05) is 23.2 Å². The molecule has 1 aromatic carbocycles. The van der Waals surface area contributed by atoms with Gasteiger partial charge in [-0.3, -0.25) is 0 Å². The molecule has 2 amide bonds. The minimum Gasteiger partial charge on any atom is -0.317 e. The Hall–Kier alpha value is -0.970. The lowest BCUT2D eigenvalue weighted by molar-refractivity contribution is 0.248. The fraction of sp³-hybridized carbons (Fsp3) is 0.300. The predicted octanol–water partition coefficient (Wildman–Crippen LogP) is 2.76. The normalized spacial score (nSPS) is 18.8. The molecular formula is C10H11Cl2N3O. The van der Waals surface area contributed by atoms with E-state index < -0.39 is 5.66 Å². The van der Waals surface area contributed by atoms with Crippen molar-refractivity contribution in [3.05, 3.63) is 28.2 Å². The molecule has 6 heteroatoms. The molecule has 0 saturated carbocycles. The quantitative estimate of drug-likeness (QED) is 0.815. The van der Waals surface area contributed by atoms with Gasteiger partial charge in [0.25, 0.3) is 0 Å². The van der Waals surface area contributed by atoms with Gasteiger partial charge >= 0.3 is 6.03 Å². The second-order valence-corrected chi connectivity index (χ2v) is 4.94. The lowest BCUT2D eigenvalue weighted by atomic mass is 10.3. The van der Waals surface area contributed by atoms with Crippen LogP contribution in [0, 0.1) is 0 Å². The Morgan fingerprint density at radius 1 is 1.31 bits per heavy atom. The summed E-state index contributed by atoms with van der Waals surface area (Å²) in [5, 5.41) is 5.10. The van der Waals surface area contributed by atoms with Crippen molar-refractivity contribution in [2.75, 3.05) is 5.01 Å². The van der Waals surface area contributed by atoms with Crippen molar-refractivity contribution in [2.24, 2.45) is 0 Å². The zero-order valence-electron chi connectivity index (χ0n) is 8.84. The first-order chi connectivity index (χ1) is 7.39. The Morgan fingerprint density at radius 3 is 2.50 bits per heavy atom. The van der Waals surface area contributed by atoms with Gasteiger partial charge in [0.15, 0.2) is 0 Å². The highest BCUT2D eigenvalue weighted by Crippen LogP contribution is 2.29. The molecule has 0 aliphatic carbocycles. The largest absolute Gasteiger partial charge is 0.338 e. The highest BCUT2D eigenvalue weighted by molar-refractivity contribution is 6.36. The van der Waals surface area contributed by atoms with Crippen molar-refractivity contribution in [3.8, 4) is 0 Å². The van der Waals surface area contributed by atoms with Crippen molar-refractivity contribution < 1.29 is 4.79 Å². The Labute approximate surface area is 103 Å². The Balaban J connectivity index is 2.35. The van der Waals surface area contributed by atoms with Crippen LogP contribution in [0.3, 0.4) is 0 Å². The number of nitrogens with zero attached hydrogens (tertiary/aromatic N) is 1. The zero-order valence-corrected chi connectivity index (χ0v) is 10.4. The summed E-state index contributed by atoms with van der Waals surface area (Å²) in [7, 11) is 0. The third-order valence-corrected chi connectivity index (χ3v) is 2.70. The molecule has 0 bridgehead atoms.